The minimum Gasteiger partial charge on any atom is -0.497 e. The predicted molar refractivity (Wildman–Crippen MR) is 71.8 cm³/mol. The summed E-state index contributed by atoms with van der Waals surface area (Å²) < 4.78 is 5.49. The van der Waals surface area contributed by atoms with Gasteiger partial charge in [0.25, 0.3) is 0 Å². The van der Waals surface area contributed by atoms with Gasteiger partial charge in [-0.2, -0.15) is 0 Å². The lowest BCUT2D eigenvalue weighted by Gasteiger charge is -2.23. The summed E-state index contributed by atoms with van der Waals surface area (Å²) in [6.07, 6.45) is 7.42. The van der Waals surface area contributed by atoms with E-state index in [0.717, 1.165) is 25.0 Å². The smallest absolute Gasteiger partial charge is 0.118 e. The second-order valence-electron chi connectivity index (χ2n) is 4.98. The van der Waals surface area contributed by atoms with Gasteiger partial charge in [-0.1, -0.05) is 23.7 Å². The molecule has 0 aromatic heterocycles. The second kappa shape index (κ2) is 5.32. The molecular weight excluding hydrogens is 226 g/mol. The third-order valence-corrected chi connectivity index (χ3v) is 3.70. The molecule has 0 heterocycles. The molecule has 0 amide bonds. The fourth-order valence-corrected chi connectivity index (χ4v) is 2.88. The van der Waals surface area contributed by atoms with Crippen molar-refractivity contribution >= 4 is 0 Å². The Morgan fingerprint density at radius 1 is 1.61 bits per heavy atom. The summed E-state index contributed by atoms with van der Waals surface area (Å²) in [6, 6.07) is 0.00947. The molecule has 0 saturated carbocycles. The first-order valence-corrected chi connectivity index (χ1v) is 6.37. The van der Waals surface area contributed by atoms with Gasteiger partial charge in [0.2, 0.25) is 0 Å². The Kier molecular flexibility index (Phi) is 3.78. The molecule has 0 bridgehead atoms. The van der Waals surface area contributed by atoms with Crippen molar-refractivity contribution in [2.75, 3.05) is 7.11 Å². The van der Waals surface area contributed by atoms with Gasteiger partial charge in [-0.3, -0.25) is 0 Å². The molecule has 0 radical (unpaired) electrons. The van der Waals surface area contributed by atoms with Gasteiger partial charge in [-0.25, -0.2) is 0 Å². The average molecular weight is 245 g/mol. The van der Waals surface area contributed by atoms with Crippen LogP contribution in [0.2, 0.25) is 0 Å². The first-order chi connectivity index (χ1) is 8.67. The number of hydrogen-bond acceptors (Lipinski definition) is 2. The van der Waals surface area contributed by atoms with Gasteiger partial charge in [0.15, 0.2) is 0 Å². The quantitative estimate of drug-likeness (QED) is 0.414. The van der Waals surface area contributed by atoms with Crippen LogP contribution in [0, 0.1) is 5.92 Å². The largest absolute Gasteiger partial charge is 0.497 e. The van der Waals surface area contributed by atoms with Crippen LogP contribution >= 0.6 is 0 Å². The molecule has 2 atom stereocenters. The summed E-state index contributed by atoms with van der Waals surface area (Å²) in [5.74, 6) is 1.34. The summed E-state index contributed by atoms with van der Waals surface area (Å²) in [5, 5.41) is 3.78. The van der Waals surface area contributed by atoms with Crippen LogP contribution < -0.4 is 0 Å². The highest BCUT2D eigenvalue weighted by molar-refractivity contribution is 5.51. The van der Waals surface area contributed by atoms with E-state index in [1.165, 1.54) is 16.7 Å². The van der Waals surface area contributed by atoms with E-state index in [1.807, 2.05) is 6.92 Å². The molecule has 4 heteroatoms. The SMILES string of the molecule is COC1=CCCC2=C1C(CC(C)N=[N+]=[N-])C(C)=C2. The zero-order valence-corrected chi connectivity index (χ0v) is 11.2. The molecule has 2 aliphatic carbocycles. The molecule has 0 aliphatic heterocycles. The Morgan fingerprint density at radius 2 is 2.39 bits per heavy atom. The lowest BCUT2D eigenvalue weighted by molar-refractivity contribution is 0.288. The lowest BCUT2D eigenvalue weighted by Crippen LogP contribution is -2.14. The highest BCUT2D eigenvalue weighted by Crippen LogP contribution is 2.43. The maximum Gasteiger partial charge on any atom is 0.118 e. The summed E-state index contributed by atoms with van der Waals surface area (Å²) in [4.78, 5) is 2.89. The normalized spacial score (nSPS) is 23.8. The van der Waals surface area contributed by atoms with Gasteiger partial charge in [0.05, 0.1) is 7.11 Å². The van der Waals surface area contributed by atoms with Gasteiger partial charge < -0.3 is 4.74 Å². The Labute approximate surface area is 108 Å². The Balaban J connectivity index is 2.24. The standard InChI is InChI=1S/C14H19N3O/c1-9-7-11-5-4-6-13(18-3)14(11)12(9)8-10(2)16-17-15/h6-7,10,12H,4-5,8H2,1-3H3. The molecular formula is C14H19N3O. The van der Waals surface area contributed by atoms with E-state index in [1.54, 1.807) is 7.11 Å². The number of rotatable bonds is 4. The van der Waals surface area contributed by atoms with Gasteiger partial charge in [-0.15, -0.1) is 0 Å². The number of nitrogens with zero attached hydrogens (tertiary/aromatic N) is 3. The van der Waals surface area contributed by atoms with Crippen LogP contribution in [0.25, 0.3) is 10.4 Å². The summed E-state index contributed by atoms with van der Waals surface area (Å²) in [5.41, 5.74) is 12.6. The number of hydrogen-bond donors (Lipinski definition) is 0. The molecule has 2 aliphatic rings. The third kappa shape index (κ3) is 2.29. The van der Waals surface area contributed by atoms with Crippen molar-refractivity contribution < 1.29 is 4.74 Å². The Morgan fingerprint density at radius 3 is 3.06 bits per heavy atom. The van der Waals surface area contributed by atoms with Crippen LogP contribution in [0.3, 0.4) is 0 Å². The van der Waals surface area contributed by atoms with Gasteiger partial charge >= 0.3 is 0 Å². The van der Waals surface area contributed by atoms with E-state index >= 15 is 0 Å². The van der Waals surface area contributed by atoms with E-state index in [2.05, 4.69) is 29.1 Å². The van der Waals surface area contributed by atoms with Crippen LogP contribution in [0.4, 0.5) is 0 Å². The molecule has 0 saturated heterocycles. The fraction of sp³-hybridized carbons (Fsp3) is 0.571. The minimum absolute atomic E-state index is 0.00947. The van der Waals surface area contributed by atoms with E-state index in [-0.39, 0.29) is 6.04 Å². The third-order valence-electron chi connectivity index (χ3n) is 3.70. The van der Waals surface area contributed by atoms with E-state index in [0.29, 0.717) is 5.92 Å². The average Bonchev–Trinajstić information content (AvgIpc) is 2.66. The Hall–Kier alpha value is -1.67. The fourth-order valence-electron chi connectivity index (χ4n) is 2.88. The molecule has 0 aromatic rings. The summed E-state index contributed by atoms with van der Waals surface area (Å²) >= 11 is 0. The second-order valence-corrected chi connectivity index (χ2v) is 4.98. The monoisotopic (exact) mass is 245 g/mol. The Bertz CT molecular complexity index is 481. The van der Waals surface area contributed by atoms with Crippen molar-refractivity contribution in [3.63, 3.8) is 0 Å². The van der Waals surface area contributed by atoms with Crippen molar-refractivity contribution in [2.24, 2.45) is 11.0 Å². The molecule has 4 nitrogen and oxygen atoms in total. The molecule has 0 aromatic carbocycles. The number of methoxy groups -OCH3 is 1. The van der Waals surface area contributed by atoms with Gasteiger partial charge in [0.1, 0.15) is 5.76 Å². The van der Waals surface area contributed by atoms with Crippen LogP contribution in [0.1, 0.15) is 33.1 Å². The molecule has 0 N–H and O–H groups in total. The molecule has 2 rings (SSSR count). The van der Waals surface area contributed by atoms with Gasteiger partial charge in [0, 0.05) is 22.4 Å². The van der Waals surface area contributed by atoms with Crippen LogP contribution in [0.5, 0.6) is 0 Å². The molecule has 0 spiro atoms. The van der Waals surface area contributed by atoms with E-state index < -0.39 is 0 Å². The minimum atomic E-state index is 0.00947. The number of allylic oxidation sites excluding steroid dienone is 5. The van der Waals surface area contributed by atoms with Crippen LogP contribution in [-0.4, -0.2) is 13.2 Å². The predicted octanol–water partition coefficient (Wildman–Crippen LogP) is 4.27. The summed E-state index contributed by atoms with van der Waals surface area (Å²) in [7, 11) is 1.73. The first-order valence-electron chi connectivity index (χ1n) is 6.37. The summed E-state index contributed by atoms with van der Waals surface area (Å²) in [6.45, 7) is 4.11. The number of azide groups is 1. The van der Waals surface area contributed by atoms with Crippen LogP contribution in [0.15, 0.2) is 39.7 Å². The van der Waals surface area contributed by atoms with Crippen molar-refractivity contribution in [1.82, 2.24) is 0 Å². The number of ether oxygens (including phenoxy) is 1. The lowest BCUT2D eigenvalue weighted by atomic mass is 9.86. The van der Waals surface area contributed by atoms with Crippen molar-refractivity contribution in [3.8, 4) is 0 Å². The van der Waals surface area contributed by atoms with Gasteiger partial charge in [-0.05, 0) is 43.4 Å². The zero-order valence-electron chi connectivity index (χ0n) is 11.2. The topological polar surface area (TPSA) is 58.0 Å². The highest BCUT2D eigenvalue weighted by atomic mass is 16.5. The molecule has 18 heavy (non-hydrogen) atoms. The molecule has 2 unspecified atom stereocenters. The molecule has 96 valence electrons. The zero-order chi connectivity index (χ0) is 13.1. The maximum absolute atomic E-state index is 8.50. The van der Waals surface area contributed by atoms with E-state index in [4.69, 9.17) is 10.3 Å². The molecule has 0 fully saturated rings. The van der Waals surface area contributed by atoms with Crippen LogP contribution in [-0.2, 0) is 4.74 Å². The highest BCUT2D eigenvalue weighted by Gasteiger charge is 2.30. The van der Waals surface area contributed by atoms with Crippen molar-refractivity contribution in [1.29, 1.82) is 0 Å². The maximum atomic E-state index is 8.50. The van der Waals surface area contributed by atoms with E-state index in [9.17, 15) is 0 Å². The first kappa shape index (κ1) is 12.8. The van der Waals surface area contributed by atoms with Crippen molar-refractivity contribution in [3.05, 3.63) is 45.1 Å². The van der Waals surface area contributed by atoms with Crippen molar-refractivity contribution in [2.45, 2.75) is 39.2 Å².